The van der Waals surface area contributed by atoms with Crippen molar-refractivity contribution in [3.63, 3.8) is 0 Å². The van der Waals surface area contributed by atoms with Gasteiger partial charge in [-0.05, 0) is 17.7 Å². The standard InChI is InChI=1S/C14H19N3O3.ClH/c1-20-13(18)4-7-17(14(19)12-8-16-9-12)10-11-2-5-15-6-3-11;/h2-3,5-6,12,16H,4,7-10H2,1H3;1H. The summed E-state index contributed by atoms with van der Waals surface area (Å²) in [5, 5.41) is 3.09. The Morgan fingerprint density at radius 1 is 1.38 bits per heavy atom. The van der Waals surface area contributed by atoms with Crippen molar-refractivity contribution in [2.24, 2.45) is 5.92 Å². The molecule has 0 saturated carbocycles. The van der Waals surface area contributed by atoms with Crippen molar-refractivity contribution in [3.05, 3.63) is 30.1 Å². The molecule has 0 bridgehead atoms. The van der Waals surface area contributed by atoms with Crippen LogP contribution >= 0.6 is 12.4 Å². The molecule has 1 aliphatic heterocycles. The third-order valence-corrected chi connectivity index (χ3v) is 3.38. The highest BCUT2D eigenvalue weighted by Gasteiger charge is 2.29. The molecule has 0 aliphatic carbocycles. The SMILES string of the molecule is COC(=O)CCN(Cc1ccncc1)C(=O)C1CNC1.Cl. The quantitative estimate of drug-likeness (QED) is 0.779. The van der Waals surface area contributed by atoms with Gasteiger partial charge in [-0.3, -0.25) is 14.6 Å². The molecule has 2 heterocycles. The molecule has 1 fully saturated rings. The molecular formula is C14H20ClN3O3. The number of nitrogens with zero attached hydrogens (tertiary/aromatic N) is 2. The molecular weight excluding hydrogens is 294 g/mol. The van der Waals surface area contributed by atoms with Crippen molar-refractivity contribution < 1.29 is 14.3 Å². The average Bonchev–Trinajstić information content (AvgIpc) is 2.42. The van der Waals surface area contributed by atoms with Crippen LogP contribution in [-0.4, -0.2) is 48.5 Å². The molecule has 6 nitrogen and oxygen atoms in total. The number of nitrogens with one attached hydrogen (secondary N) is 1. The largest absolute Gasteiger partial charge is 0.469 e. The van der Waals surface area contributed by atoms with E-state index in [0.717, 1.165) is 5.56 Å². The van der Waals surface area contributed by atoms with Crippen LogP contribution < -0.4 is 5.32 Å². The third-order valence-electron chi connectivity index (χ3n) is 3.38. The summed E-state index contributed by atoms with van der Waals surface area (Å²) < 4.78 is 4.63. The first-order valence-electron chi connectivity index (χ1n) is 6.66. The van der Waals surface area contributed by atoms with E-state index in [0.29, 0.717) is 26.2 Å². The number of aromatic nitrogens is 1. The van der Waals surface area contributed by atoms with Crippen LogP contribution in [0.5, 0.6) is 0 Å². The molecule has 7 heteroatoms. The first kappa shape index (κ1) is 17.4. The Labute approximate surface area is 130 Å². The highest BCUT2D eigenvalue weighted by atomic mass is 35.5. The van der Waals surface area contributed by atoms with Gasteiger partial charge in [0.25, 0.3) is 0 Å². The first-order chi connectivity index (χ1) is 9.70. The number of carbonyl (C=O) groups excluding carboxylic acids is 2. The lowest BCUT2D eigenvalue weighted by atomic mass is 10.0. The molecule has 0 aromatic carbocycles. The number of rotatable bonds is 6. The smallest absolute Gasteiger partial charge is 0.307 e. The summed E-state index contributed by atoms with van der Waals surface area (Å²) in [6.45, 7) is 2.30. The Morgan fingerprint density at radius 2 is 2.05 bits per heavy atom. The van der Waals surface area contributed by atoms with E-state index < -0.39 is 0 Å². The number of esters is 1. The van der Waals surface area contributed by atoms with E-state index in [9.17, 15) is 9.59 Å². The molecule has 0 atom stereocenters. The van der Waals surface area contributed by atoms with Crippen LogP contribution in [0, 0.1) is 5.92 Å². The molecule has 1 aromatic rings. The lowest BCUT2D eigenvalue weighted by Gasteiger charge is -2.32. The number of amides is 1. The minimum absolute atomic E-state index is 0. The van der Waals surface area contributed by atoms with Crippen molar-refractivity contribution in [2.45, 2.75) is 13.0 Å². The number of pyridine rings is 1. The van der Waals surface area contributed by atoms with Gasteiger partial charge >= 0.3 is 5.97 Å². The van der Waals surface area contributed by atoms with E-state index in [4.69, 9.17) is 0 Å². The number of ether oxygens (including phenoxy) is 1. The van der Waals surface area contributed by atoms with E-state index >= 15 is 0 Å². The van der Waals surface area contributed by atoms with Gasteiger partial charge in [-0.25, -0.2) is 0 Å². The van der Waals surface area contributed by atoms with E-state index in [-0.39, 0.29) is 36.6 Å². The van der Waals surface area contributed by atoms with Crippen LogP contribution in [0.1, 0.15) is 12.0 Å². The van der Waals surface area contributed by atoms with Crippen molar-refractivity contribution in [2.75, 3.05) is 26.7 Å². The summed E-state index contributed by atoms with van der Waals surface area (Å²) >= 11 is 0. The fourth-order valence-corrected chi connectivity index (χ4v) is 2.03. The molecule has 1 aliphatic rings. The van der Waals surface area contributed by atoms with Gasteiger partial charge < -0.3 is 15.0 Å². The molecule has 0 spiro atoms. The topological polar surface area (TPSA) is 71.5 Å². The van der Waals surface area contributed by atoms with E-state index in [1.807, 2.05) is 12.1 Å². The third kappa shape index (κ3) is 4.99. The minimum atomic E-state index is -0.302. The van der Waals surface area contributed by atoms with Gasteiger partial charge in [0.2, 0.25) is 5.91 Å². The summed E-state index contributed by atoms with van der Waals surface area (Å²) in [7, 11) is 1.35. The fraction of sp³-hybridized carbons (Fsp3) is 0.500. The number of carbonyl (C=O) groups is 2. The summed E-state index contributed by atoms with van der Waals surface area (Å²) in [5.41, 5.74) is 1.01. The van der Waals surface area contributed by atoms with E-state index in [1.165, 1.54) is 7.11 Å². The zero-order valence-electron chi connectivity index (χ0n) is 11.9. The second-order valence-electron chi connectivity index (χ2n) is 4.80. The lowest BCUT2D eigenvalue weighted by Crippen LogP contribution is -2.52. The molecule has 2 rings (SSSR count). The van der Waals surface area contributed by atoms with Gasteiger partial charge in [0.1, 0.15) is 0 Å². The minimum Gasteiger partial charge on any atom is -0.469 e. The monoisotopic (exact) mass is 313 g/mol. The maximum atomic E-state index is 12.3. The van der Waals surface area contributed by atoms with Crippen LogP contribution in [0.25, 0.3) is 0 Å². The fourth-order valence-electron chi connectivity index (χ4n) is 2.03. The zero-order valence-corrected chi connectivity index (χ0v) is 12.8. The summed E-state index contributed by atoms with van der Waals surface area (Å²) in [5.74, 6) is -0.191. The maximum absolute atomic E-state index is 12.3. The van der Waals surface area contributed by atoms with Crippen LogP contribution in [0.2, 0.25) is 0 Å². The Hall–Kier alpha value is -1.66. The summed E-state index contributed by atoms with van der Waals surface area (Å²) in [6, 6.07) is 3.74. The predicted molar refractivity (Wildman–Crippen MR) is 79.9 cm³/mol. The van der Waals surface area contributed by atoms with Crippen LogP contribution in [-0.2, 0) is 20.9 Å². The molecule has 1 aromatic heterocycles. The molecule has 0 unspecified atom stereocenters. The van der Waals surface area contributed by atoms with Crippen molar-refractivity contribution in [1.29, 1.82) is 0 Å². The van der Waals surface area contributed by atoms with Crippen molar-refractivity contribution in [1.82, 2.24) is 15.2 Å². The number of halogens is 1. The van der Waals surface area contributed by atoms with Crippen LogP contribution in [0.4, 0.5) is 0 Å². The molecule has 0 radical (unpaired) electrons. The second kappa shape index (κ2) is 8.59. The van der Waals surface area contributed by atoms with E-state index in [2.05, 4.69) is 15.0 Å². The number of hydrogen-bond acceptors (Lipinski definition) is 5. The molecule has 1 N–H and O–H groups in total. The Morgan fingerprint density at radius 3 is 2.57 bits per heavy atom. The molecule has 1 amide bonds. The van der Waals surface area contributed by atoms with Gasteiger partial charge in [0.05, 0.1) is 19.4 Å². The summed E-state index contributed by atoms with van der Waals surface area (Å²) in [4.78, 5) is 29.3. The van der Waals surface area contributed by atoms with Gasteiger partial charge in [-0.1, -0.05) is 0 Å². The lowest BCUT2D eigenvalue weighted by molar-refractivity contribution is -0.143. The Bertz CT molecular complexity index is 466. The normalized spacial score (nSPS) is 13.8. The second-order valence-corrected chi connectivity index (χ2v) is 4.80. The number of methoxy groups -OCH3 is 1. The summed E-state index contributed by atoms with van der Waals surface area (Å²) in [6.07, 6.45) is 3.61. The molecule has 21 heavy (non-hydrogen) atoms. The van der Waals surface area contributed by atoms with Crippen LogP contribution in [0.15, 0.2) is 24.5 Å². The van der Waals surface area contributed by atoms with Gasteiger partial charge in [-0.2, -0.15) is 0 Å². The highest BCUT2D eigenvalue weighted by molar-refractivity contribution is 5.85. The van der Waals surface area contributed by atoms with E-state index in [1.54, 1.807) is 17.3 Å². The molecule has 116 valence electrons. The Kier molecular flexibility index (Phi) is 7.11. The van der Waals surface area contributed by atoms with Crippen LogP contribution in [0.3, 0.4) is 0 Å². The number of hydrogen-bond donors (Lipinski definition) is 1. The van der Waals surface area contributed by atoms with Crippen molar-refractivity contribution in [3.8, 4) is 0 Å². The first-order valence-corrected chi connectivity index (χ1v) is 6.66. The van der Waals surface area contributed by atoms with Gasteiger partial charge in [0, 0.05) is 38.6 Å². The predicted octanol–water partition coefficient (Wildman–Crippen LogP) is 0.614. The van der Waals surface area contributed by atoms with Gasteiger partial charge in [0.15, 0.2) is 0 Å². The van der Waals surface area contributed by atoms with Gasteiger partial charge in [-0.15, -0.1) is 12.4 Å². The average molecular weight is 314 g/mol. The Balaban J connectivity index is 0.00000220. The zero-order chi connectivity index (χ0) is 14.4. The molecule has 1 saturated heterocycles. The van der Waals surface area contributed by atoms with Crippen molar-refractivity contribution >= 4 is 24.3 Å². The highest BCUT2D eigenvalue weighted by Crippen LogP contribution is 2.12. The maximum Gasteiger partial charge on any atom is 0.307 e.